The summed E-state index contributed by atoms with van der Waals surface area (Å²) in [5, 5.41) is 6.38. The summed E-state index contributed by atoms with van der Waals surface area (Å²) in [4.78, 5) is 14.2. The number of hydrogen-bond acceptors (Lipinski definition) is 4. The first-order chi connectivity index (χ1) is 8.65. The predicted octanol–water partition coefficient (Wildman–Crippen LogP) is 0.0689. The molecule has 1 aliphatic rings. The fourth-order valence-electron chi connectivity index (χ4n) is 2.26. The molecule has 5 heteroatoms. The minimum Gasteiger partial charge on any atom is -0.383 e. The van der Waals surface area contributed by atoms with Gasteiger partial charge in [-0.25, -0.2) is 0 Å². The molecule has 1 aliphatic heterocycles. The first-order valence-electron chi connectivity index (χ1n) is 6.83. The zero-order valence-electron chi connectivity index (χ0n) is 11.9. The lowest BCUT2D eigenvalue weighted by Gasteiger charge is -2.29. The molecule has 0 bridgehead atoms. The van der Waals surface area contributed by atoms with Gasteiger partial charge in [0.1, 0.15) is 0 Å². The van der Waals surface area contributed by atoms with E-state index in [2.05, 4.69) is 22.5 Å². The van der Waals surface area contributed by atoms with Crippen LogP contribution in [0.3, 0.4) is 0 Å². The molecule has 1 amide bonds. The number of piperidine rings is 1. The Bertz CT molecular complexity index is 248. The normalized spacial score (nSPS) is 24.2. The van der Waals surface area contributed by atoms with Crippen LogP contribution in [0, 0.1) is 5.92 Å². The number of nitrogens with zero attached hydrogens (tertiary/aromatic N) is 1. The van der Waals surface area contributed by atoms with Crippen molar-refractivity contribution in [1.82, 2.24) is 15.5 Å². The quantitative estimate of drug-likeness (QED) is 0.678. The Hall–Kier alpha value is -0.650. The zero-order valence-corrected chi connectivity index (χ0v) is 11.9. The number of ether oxygens (including phenoxy) is 1. The number of carbonyl (C=O) groups is 1. The van der Waals surface area contributed by atoms with Crippen LogP contribution in [-0.2, 0) is 9.53 Å². The number of rotatable bonds is 7. The highest BCUT2D eigenvalue weighted by atomic mass is 16.5. The average Bonchev–Trinajstić information content (AvgIpc) is 2.36. The second kappa shape index (κ2) is 8.45. The highest BCUT2D eigenvalue weighted by Gasteiger charge is 2.26. The van der Waals surface area contributed by atoms with Crippen LogP contribution < -0.4 is 10.6 Å². The molecule has 0 aromatic rings. The van der Waals surface area contributed by atoms with Gasteiger partial charge in [0.25, 0.3) is 0 Å². The molecule has 0 aromatic heterocycles. The highest BCUT2D eigenvalue weighted by molar-refractivity contribution is 5.79. The minimum atomic E-state index is 0.128. The van der Waals surface area contributed by atoms with E-state index in [1.807, 2.05) is 7.05 Å². The number of likely N-dealkylation sites (N-methyl/N-ethyl adjacent to an activating group) is 1. The monoisotopic (exact) mass is 257 g/mol. The number of amides is 1. The van der Waals surface area contributed by atoms with Crippen molar-refractivity contribution >= 4 is 5.91 Å². The molecule has 18 heavy (non-hydrogen) atoms. The first-order valence-corrected chi connectivity index (χ1v) is 6.83. The van der Waals surface area contributed by atoms with E-state index in [1.54, 1.807) is 7.11 Å². The third-order valence-corrected chi connectivity index (χ3v) is 3.57. The van der Waals surface area contributed by atoms with Gasteiger partial charge in [0.2, 0.25) is 5.91 Å². The molecule has 1 rings (SSSR count). The lowest BCUT2D eigenvalue weighted by atomic mass is 9.91. The van der Waals surface area contributed by atoms with E-state index in [-0.39, 0.29) is 11.8 Å². The molecule has 0 radical (unpaired) electrons. The first kappa shape index (κ1) is 15.4. The SMILES string of the molecule is COCCN(C)CCNC(=O)C1CCCNC1C. The molecule has 106 valence electrons. The van der Waals surface area contributed by atoms with Crippen molar-refractivity contribution < 1.29 is 9.53 Å². The van der Waals surface area contributed by atoms with Gasteiger partial charge in [0.15, 0.2) is 0 Å². The molecule has 2 unspecified atom stereocenters. The molecule has 0 saturated carbocycles. The Labute approximate surface area is 110 Å². The van der Waals surface area contributed by atoms with Gasteiger partial charge < -0.3 is 20.3 Å². The van der Waals surface area contributed by atoms with Crippen molar-refractivity contribution in [3.05, 3.63) is 0 Å². The summed E-state index contributed by atoms with van der Waals surface area (Å²) < 4.78 is 5.01. The summed E-state index contributed by atoms with van der Waals surface area (Å²) in [5.74, 6) is 0.317. The van der Waals surface area contributed by atoms with Crippen molar-refractivity contribution in [2.24, 2.45) is 5.92 Å². The van der Waals surface area contributed by atoms with Crippen LogP contribution in [0.4, 0.5) is 0 Å². The van der Waals surface area contributed by atoms with Gasteiger partial charge >= 0.3 is 0 Å². The van der Waals surface area contributed by atoms with Crippen molar-refractivity contribution in [3.8, 4) is 0 Å². The maximum Gasteiger partial charge on any atom is 0.224 e. The maximum atomic E-state index is 12.0. The lowest BCUT2D eigenvalue weighted by molar-refractivity contribution is -0.126. The van der Waals surface area contributed by atoms with E-state index in [0.717, 1.165) is 39.1 Å². The van der Waals surface area contributed by atoms with E-state index in [1.165, 1.54) is 0 Å². The smallest absolute Gasteiger partial charge is 0.224 e. The molecular formula is C13H27N3O2. The lowest BCUT2D eigenvalue weighted by Crippen LogP contribution is -2.47. The van der Waals surface area contributed by atoms with Crippen LogP contribution >= 0.6 is 0 Å². The topological polar surface area (TPSA) is 53.6 Å². The van der Waals surface area contributed by atoms with Gasteiger partial charge in [-0.3, -0.25) is 4.79 Å². The van der Waals surface area contributed by atoms with Gasteiger partial charge in [-0.15, -0.1) is 0 Å². The summed E-state index contributed by atoms with van der Waals surface area (Å²) in [7, 11) is 3.74. The van der Waals surface area contributed by atoms with Crippen LogP contribution in [0.25, 0.3) is 0 Å². The third-order valence-electron chi connectivity index (χ3n) is 3.57. The summed E-state index contributed by atoms with van der Waals surface area (Å²) in [6.45, 7) is 6.33. The number of carbonyl (C=O) groups excluding carboxylic acids is 1. The number of nitrogens with one attached hydrogen (secondary N) is 2. The van der Waals surface area contributed by atoms with E-state index < -0.39 is 0 Å². The van der Waals surface area contributed by atoms with E-state index in [4.69, 9.17) is 4.74 Å². The fourth-order valence-corrected chi connectivity index (χ4v) is 2.26. The van der Waals surface area contributed by atoms with Crippen LogP contribution in [0.15, 0.2) is 0 Å². The second-order valence-electron chi connectivity index (χ2n) is 5.08. The Balaban J connectivity index is 2.16. The van der Waals surface area contributed by atoms with Crippen LogP contribution in [0.1, 0.15) is 19.8 Å². The molecule has 1 saturated heterocycles. The molecule has 0 aliphatic carbocycles. The Kier molecular flexibility index (Phi) is 7.23. The number of methoxy groups -OCH3 is 1. The Morgan fingerprint density at radius 2 is 2.28 bits per heavy atom. The highest BCUT2D eigenvalue weighted by Crippen LogP contribution is 2.15. The Morgan fingerprint density at radius 1 is 1.50 bits per heavy atom. The molecule has 1 fully saturated rings. The van der Waals surface area contributed by atoms with Crippen LogP contribution in [0.2, 0.25) is 0 Å². The standard InChI is InChI=1S/C13H27N3O2/c1-11-12(5-4-6-14-11)13(17)15-7-8-16(2)9-10-18-3/h11-12,14H,4-10H2,1-3H3,(H,15,17). The molecule has 1 heterocycles. The molecule has 2 N–H and O–H groups in total. The van der Waals surface area contributed by atoms with Crippen LogP contribution in [0.5, 0.6) is 0 Å². The van der Waals surface area contributed by atoms with E-state index >= 15 is 0 Å². The van der Waals surface area contributed by atoms with E-state index in [9.17, 15) is 4.79 Å². The number of hydrogen-bond donors (Lipinski definition) is 2. The minimum absolute atomic E-state index is 0.128. The van der Waals surface area contributed by atoms with Crippen molar-refractivity contribution in [1.29, 1.82) is 0 Å². The average molecular weight is 257 g/mol. The van der Waals surface area contributed by atoms with Gasteiger partial charge in [-0.2, -0.15) is 0 Å². The summed E-state index contributed by atoms with van der Waals surface area (Å²) in [6.07, 6.45) is 2.09. The van der Waals surface area contributed by atoms with Crippen molar-refractivity contribution in [2.75, 3.05) is 46.9 Å². The molecule has 5 nitrogen and oxygen atoms in total. The van der Waals surface area contributed by atoms with Gasteiger partial charge in [0.05, 0.1) is 12.5 Å². The van der Waals surface area contributed by atoms with Gasteiger partial charge in [-0.05, 0) is 33.4 Å². The van der Waals surface area contributed by atoms with Gasteiger partial charge in [0, 0.05) is 32.8 Å². The van der Waals surface area contributed by atoms with Crippen LogP contribution in [-0.4, -0.2) is 63.8 Å². The van der Waals surface area contributed by atoms with Gasteiger partial charge in [-0.1, -0.05) is 0 Å². The fraction of sp³-hybridized carbons (Fsp3) is 0.923. The Morgan fingerprint density at radius 3 is 2.94 bits per heavy atom. The maximum absolute atomic E-state index is 12.0. The molecule has 0 spiro atoms. The third kappa shape index (κ3) is 5.33. The van der Waals surface area contributed by atoms with E-state index in [0.29, 0.717) is 12.6 Å². The zero-order chi connectivity index (χ0) is 13.4. The summed E-state index contributed by atoms with van der Waals surface area (Å²) >= 11 is 0. The predicted molar refractivity (Wildman–Crippen MR) is 72.6 cm³/mol. The molecule has 2 atom stereocenters. The van der Waals surface area contributed by atoms with Crippen molar-refractivity contribution in [2.45, 2.75) is 25.8 Å². The molecular weight excluding hydrogens is 230 g/mol. The largest absolute Gasteiger partial charge is 0.383 e. The molecule has 0 aromatic carbocycles. The summed E-state index contributed by atoms with van der Waals surface area (Å²) in [5.41, 5.74) is 0. The van der Waals surface area contributed by atoms with Crippen molar-refractivity contribution in [3.63, 3.8) is 0 Å². The summed E-state index contributed by atoms with van der Waals surface area (Å²) in [6, 6.07) is 0.296. The second-order valence-corrected chi connectivity index (χ2v) is 5.08.